The molecule has 0 fully saturated rings. The van der Waals surface area contributed by atoms with Gasteiger partial charge in [0.2, 0.25) is 0 Å². The fourth-order valence-corrected chi connectivity index (χ4v) is 1.61. The van der Waals surface area contributed by atoms with Crippen LogP contribution in [0.1, 0.15) is 11.1 Å². The molecule has 0 bridgehead atoms. The number of aromatic nitrogens is 2. The fraction of sp³-hybridized carbons (Fsp3) is 0.250. The highest BCUT2D eigenvalue weighted by molar-refractivity contribution is 5.39. The summed E-state index contributed by atoms with van der Waals surface area (Å²) in [5.74, 6) is 0. The minimum Gasteiger partial charge on any atom is -0.316 e. The number of para-hydroxylation sites is 1. The molecule has 0 radical (unpaired) electrons. The molecule has 0 saturated heterocycles. The van der Waals surface area contributed by atoms with Gasteiger partial charge in [-0.25, -0.2) is 4.68 Å². The smallest absolute Gasteiger partial charge is 0.0674 e. The van der Waals surface area contributed by atoms with Crippen LogP contribution < -0.4 is 5.32 Å². The molecule has 0 unspecified atom stereocenters. The van der Waals surface area contributed by atoms with Crippen LogP contribution in [0, 0.1) is 6.92 Å². The Kier molecular flexibility index (Phi) is 2.83. The van der Waals surface area contributed by atoms with Gasteiger partial charge in [0.25, 0.3) is 0 Å². The lowest BCUT2D eigenvalue weighted by molar-refractivity contribution is 0.816. The summed E-state index contributed by atoms with van der Waals surface area (Å²) in [6, 6.07) is 8.23. The molecule has 0 aliphatic rings. The van der Waals surface area contributed by atoms with Crippen molar-refractivity contribution in [3.8, 4) is 5.69 Å². The van der Waals surface area contributed by atoms with E-state index in [0.29, 0.717) is 0 Å². The Labute approximate surface area is 89.7 Å². The SMILES string of the molecule is CNCc1cnn(-c2ccccc2C)c1. The average molecular weight is 201 g/mol. The van der Waals surface area contributed by atoms with Gasteiger partial charge in [-0.15, -0.1) is 0 Å². The lowest BCUT2D eigenvalue weighted by atomic mass is 10.2. The second-order valence-electron chi connectivity index (χ2n) is 3.61. The van der Waals surface area contributed by atoms with Gasteiger partial charge in [-0.2, -0.15) is 5.10 Å². The molecular weight excluding hydrogens is 186 g/mol. The van der Waals surface area contributed by atoms with Crippen LogP contribution in [0.2, 0.25) is 0 Å². The van der Waals surface area contributed by atoms with Crippen molar-refractivity contribution in [2.45, 2.75) is 13.5 Å². The standard InChI is InChI=1S/C12H15N3/c1-10-5-3-4-6-12(10)15-9-11(7-13-2)8-14-15/h3-6,8-9,13H,7H2,1-2H3. The molecule has 1 heterocycles. The first-order valence-electron chi connectivity index (χ1n) is 5.05. The molecule has 2 aromatic rings. The zero-order valence-corrected chi connectivity index (χ0v) is 9.07. The Morgan fingerprint density at radius 1 is 1.33 bits per heavy atom. The van der Waals surface area contributed by atoms with E-state index < -0.39 is 0 Å². The number of nitrogens with zero attached hydrogens (tertiary/aromatic N) is 2. The maximum absolute atomic E-state index is 4.34. The molecule has 0 atom stereocenters. The molecule has 3 nitrogen and oxygen atoms in total. The summed E-state index contributed by atoms with van der Waals surface area (Å²) in [6.07, 6.45) is 3.95. The van der Waals surface area contributed by atoms with Gasteiger partial charge in [0.1, 0.15) is 0 Å². The van der Waals surface area contributed by atoms with E-state index in [4.69, 9.17) is 0 Å². The number of hydrogen-bond donors (Lipinski definition) is 1. The van der Waals surface area contributed by atoms with Crippen molar-refractivity contribution in [3.63, 3.8) is 0 Å². The molecule has 1 N–H and O–H groups in total. The van der Waals surface area contributed by atoms with Crippen molar-refractivity contribution >= 4 is 0 Å². The van der Waals surface area contributed by atoms with E-state index in [1.807, 2.05) is 30.1 Å². The highest BCUT2D eigenvalue weighted by Gasteiger charge is 2.01. The second kappa shape index (κ2) is 4.28. The van der Waals surface area contributed by atoms with Crippen LogP contribution in [0.25, 0.3) is 5.69 Å². The zero-order valence-electron chi connectivity index (χ0n) is 9.07. The third-order valence-electron chi connectivity index (χ3n) is 2.38. The number of nitrogens with one attached hydrogen (secondary N) is 1. The Balaban J connectivity index is 2.33. The van der Waals surface area contributed by atoms with Gasteiger partial charge in [-0.3, -0.25) is 0 Å². The molecule has 0 aliphatic carbocycles. The second-order valence-corrected chi connectivity index (χ2v) is 3.61. The zero-order chi connectivity index (χ0) is 10.7. The molecule has 78 valence electrons. The highest BCUT2D eigenvalue weighted by atomic mass is 15.3. The fourth-order valence-electron chi connectivity index (χ4n) is 1.61. The first-order valence-corrected chi connectivity index (χ1v) is 5.05. The van der Waals surface area contributed by atoms with Crippen molar-refractivity contribution in [1.82, 2.24) is 15.1 Å². The third-order valence-corrected chi connectivity index (χ3v) is 2.38. The normalized spacial score (nSPS) is 10.5. The molecule has 0 aliphatic heterocycles. The van der Waals surface area contributed by atoms with Crippen molar-refractivity contribution in [3.05, 3.63) is 47.8 Å². The summed E-state index contributed by atoms with van der Waals surface area (Å²) in [5, 5.41) is 7.45. The van der Waals surface area contributed by atoms with Crippen LogP contribution in [0.5, 0.6) is 0 Å². The number of benzene rings is 1. The van der Waals surface area contributed by atoms with Crippen molar-refractivity contribution in [2.75, 3.05) is 7.05 Å². The molecule has 2 rings (SSSR count). The predicted octanol–water partition coefficient (Wildman–Crippen LogP) is 1.90. The first kappa shape index (κ1) is 9.93. The summed E-state index contributed by atoms with van der Waals surface area (Å²) < 4.78 is 1.92. The minimum atomic E-state index is 0.853. The van der Waals surface area contributed by atoms with Gasteiger partial charge in [-0.05, 0) is 25.6 Å². The van der Waals surface area contributed by atoms with E-state index >= 15 is 0 Å². The molecule has 0 amide bonds. The topological polar surface area (TPSA) is 29.9 Å². The molecule has 0 spiro atoms. The first-order chi connectivity index (χ1) is 7.31. The van der Waals surface area contributed by atoms with Crippen LogP contribution in [0.4, 0.5) is 0 Å². The van der Waals surface area contributed by atoms with Gasteiger partial charge < -0.3 is 5.32 Å². The van der Waals surface area contributed by atoms with E-state index in [-0.39, 0.29) is 0 Å². The van der Waals surface area contributed by atoms with E-state index in [2.05, 4.69) is 35.7 Å². The summed E-state index contributed by atoms with van der Waals surface area (Å²) >= 11 is 0. The van der Waals surface area contributed by atoms with Crippen molar-refractivity contribution in [1.29, 1.82) is 0 Å². The summed E-state index contributed by atoms with van der Waals surface area (Å²) in [5.41, 5.74) is 3.57. The van der Waals surface area contributed by atoms with Gasteiger partial charge in [0.15, 0.2) is 0 Å². The number of rotatable bonds is 3. The molecule has 3 heteroatoms. The van der Waals surface area contributed by atoms with Crippen molar-refractivity contribution < 1.29 is 0 Å². The molecule has 0 saturated carbocycles. The van der Waals surface area contributed by atoms with Crippen LogP contribution in [-0.2, 0) is 6.54 Å². The van der Waals surface area contributed by atoms with Gasteiger partial charge in [0.05, 0.1) is 11.9 Å². The number of hydrogen-bond acceptors (Lipinski definition) is 2. The molecular formula is C12H15N3. The molecule has 1 aromatic carbocycles. The minimum absolute atomic E-state index is 0.853. The lowest BCUT2D eigenvalue weighted by Gasteiger charge is -2.04. The largest absolute Gasteiger partial charge is 0.316 e. The van der Waals surface area contributed by atoms with Crippen LogP contribution >= 0.6 is 0 Å². The molecule has 15 heavy (non-hydrogen) atoms. The maximum Gasteiger partial charge on any atom is 0.0674 e. The quantitative estimate of drug-likeness (QED) is 0.822. The van der Waals surface area contributed by atoms with Gasteiger partial charge in [0, 0.05) is 18.3 Å². The Bertz CT molecular complexity index is 446. The predicted molar refractivity (Wildman–Crippen MR) is 61.1 cm³/mol. The Morgan fingerprint density at radius 2 is 2.13 bits per heavy atom. The van der Waals surface area contributed by atoms with Gasteiger partial charge in [-0.1, -0.05) is 18.2 Å². The van der Waals surface area contributed by atoms with Crippen LogP contribution in [0.15, 0.2) is 36.7 Å². The van der Waals surface area contributed by atoms with Crippen molar-refractivity contribution in [2.24, 2.45) is 0 Å². The third kappa shape index (κ3) is 2.07. The van der Waals surface area contributed by atoms with E-state index in [1.54, 1.807) is 0 Å². The Hall–Kier alpha value is -1.61. The van der Waals surface area contributed by atoms with E-state index in [1.165, 1.54) is 11.1 Å². The number of aryl methyl sites for hydroxylation is 1. The van der Waals surface area contributed by atoms with Crippen LogP contribution in [-0.4, -0.2) is 16.8 Å². The Morgan fingerprint density at radius 3 is 2.87 bits per heavy atom. The van der Waals surface area contributed by atoms with E-state index in [9.17, 15) is 0 Å². The summed E-state index contributed by atoms with van der Waals surface area (Å²) in [4.78, 5) is 0. The van der Waals surface area contributed by atoms with Crippen LogP contribution in [0.3, 0.4) is 0 Å². The highest BCUT2D eigenvalue weighted by Crippen LogP contribution is 2.12. The maximum atomic E-state index is 4.34. The average Bonchev–Trinajstić information content (AvgIpc) is 2.68. The molecule has 1 aromatic heterocycles. The monoisotopic (exact) mass is 201 g/mol. The summed E-state index contributed by atoms with van der Waals surface area (Å²) in [6.45, 7) is 2.95. The summed E-state index contributed by atoms with van der Waals surface area (Å²) in [7, 11) is 1.94. The van der Waals surface area contributed by atoms with Gasteiger partial charge >= 0.3 is 0 Å². The van der Waals surface area contributed by atoms with E-state index in [0.717, 1.165) is 12.2 Å². The lowest BCUT2D eigenvalue weighted by Crippen LogP contribution is -2.03.